The van der Waals surface area contributed by atoms with Crippen molar-refractivity contribution in [3.63, 3.8) is 0 Å². The zero-order chi connectivity index (χ0) is 53.4. The van der Waals surface area contributed by atoms with E-state index >= 15 is 0 Å². The van der Waals surface area contributed by atoms with Gasteiger partial charge in [0.15, 0.2) is 0 Å². The molecule has 374 valence electrons. The maximum atomic E-state index is 12.5. The lowest BCUT2D eigenvalue weighted by molar-refractivity contribution is 0.670. The summed E-state index contributed by atoms with van der Waals surface area (Å²) < 4.78 is 16.2. The highest BCUT2D eigenvalue weighted by molar-refractivity contribution is 7.27. The predicted octanol–water partition coefficient (Wildman–Crippen LogP) is 21.6. The summed E-state index contributed by atoms with van der Waals surface area (Å²) >= 11 is 3.59. The van der Waals surface area contributed by atoms with Gasteiger partial charge in [0, 0.05) is 80.0 Å². The molecule has 81 heavy (non-hydrogen) atoms. The van der Waals surface area contributed by atoms with Crippen LogP contribution in [-0.4, -0.2) is 9.13 Å². The molecule has 7 heteroatoms. The van der Waals surface area contributed by atoms with Gasteiger partial charge in [-0.3, -0.25) is 0 Å². The number of benzene rings is 12. The summed E-state index contributed by atoms with van der Waals surface area (Å²) in [5, 5.41) is 23.5. The Hall–Kier alpha value is -10.5. The molecule has 0 saturated heterocycles. The third-order valence-electron chi connectivity index (χ3n) is 16.6. The Labute approximate surface area is 471 Å². The molecule has 0 radical (unpaired) electrons. The Morgan fingerprint density at radius 1 is 0.407 bits per heavy atom. The molecule has 5 nitrogen and oxygen atoms in total. The molecular weight excluding hydrogens is 1020 g/mol. The van der Waals surface area contributed by atoms with E-state index in [9.17, 15) is 11.8 Å². The first-order valence-corrected chi connectivity index (χ1v) is 28.6. The molecule has 0 amide bonds. The highest BCUT2D eigenvalue weighted by atomic mass is 32.1. The molecule has 0 atom stereocenters. The molecule has 17 rings (SSSR count). The number of aromatic nitrogens is 2. The van der Waals surface area contributed by atoms with Crippen molar-refractivity contribution in [3.05, 3.63) is 260 Å². The molecule has 0 spiro atoms. The van der Waals surface area contributed by atoms with E-state index in [1.165, 1.54) is 20.2 Å². The minimum atomic E-state index is 0.387. The van der Waals surface area contributed by atoms with Crippen molar-refractivity contribution in [2.75, 3.05) is 0 Å². The monoisotopic (exact) mass is 1060 g/mol. The number of hydrogen-bond donors (Lipinski definition) is 0. The number of nitrogens with zero attached hydrogens (tertiary/aromatic N) is 4. The fourth-order valence-electron chi connectivity index (χ4n) is 13.3. The number of furan rings is 1. The fraction of sp³-hybridized carbons (Fsp3) is 0. The SMILES string of the molecule is [C-]#[N+]c1c(-c2ccccc2)c(C#N)c(-n2c3c(ccc4c5ccccc5sc43)c3c(-c4ccccc4)cc4c5ccccc5sc4c32)c(-c2ccccc2)c1-n1c2ccccc2c2c(-c3cccc4c3oc3ccccc34)cccc21. The van der Waals surface area contributed by atoms with E-state index in [1.807, 2.05) is 48.5 Å². The predicted molar refractivity (Wildman–Crippen MR) is 341 cm³/mol. The molecule has 17 aromatic rings. The van der Waals surface area contributed by atoms with Gasteiger partial charge in [-0.2, -0.15) is 5.26 Å². The zero-order valence-electron chi connectivity index (χ0n) is 43.1. The second-order valence-electron chi connectivity index (χ2n) is 20.7. The van der Waals surface area contributed by atoms with Crippen molar-refractivity contribution in [3.8, 4) is 62.0 Å². The number of hydrogen-bond acceptors (Lipinski definition) is 4. The number of nitriles is 1. The van der Waals surface area contributed by atoms with Gasteiger partial charge >= 0.3 is 0 Å². The maximum absolute atomic E-state index is 12.5. The van der Waals surface area contributed by atoms with E-state index in [4.69, 9.17) is 4.42 Å². The largest absolute Gasteiger partial charge is 0.455 e. The molecule has 0 aliphatic heterocycles. The lowest BCUT2D eigenvalue weighted by Crippen LogP contribution is -2.09. The van der Waals surface area contributed by atoms with E-state index in [0.717, 1.165) is 125 Å². The summed E-state index contributed by atoms with van der Waals surface area (Å²) in [6.07, 6.45) is 0. The van der Waals surface area contributed by atoms with Crippen molar-refractivity contribution >= 4 is 134 Å². The zero-order valence-corrected chi connectivity index (χ0v) is 44.7. The van der Waals surface area contributed by atoms with Gasteiger partial charge in [-0.25, -0.2) is 4.85 Å². The Morgan fingerprint density at radius 3 is 1.68 bits per heavy atom. The molecule has 0 bridgehead atoms. The number of fused-ring (bicyclic) bond motifs is 17. The summed E-state index contributed by atoms with van der Waals surface area (Å²) in [7, 11) is 0. The van der Waals surface area contributed by atoms with Crippen LogP contribution in [0.2, 0.25) is 0 Å². The smallest absolute Gasteiger partial charge is 0.220 e. The van der Waals surface area contributed by atoms with E-state index in [-0.39, 0.29) is 0 Å². The van der Waals surface area contributed by atoms with E-state index in [2.05, 4.69) is 214 Å². The van der Waals surface area contributed by atoms with Crippen LogP contribution < -0.4 is 0 Å². The van der Waals surface area contributed by atoms with Crippen molar-refractivity contribution in [2.24, 2.45) is 0 Å². The maximum Gasteiger partial charge on any atom is 0.220 e. The van der Waals surface area contributed by atoms with E-state index < -0.39 is 0 Å². The Bertz CT molecular complexity index is 5610. The lowest BCUT2D eigenvalue weighted by atomic mass is 9.88. The Kier molecular flexibility index (Phi) is 9.82. The van der Waals surface area contributed by atoms with Gasteiger partial charge in [-0.15, -0.1) is 22.7 Å². The van der Waals surface area contributed by atoms with Gasteiger partial charge < -0.3 is 13.6 Å². The third kappa shape index (κ3) is 6.39. The first-order valence-electron chi connectivity index (χ1n) is 27.0. The first kappa shape index (κ1) is 45.5. The molecule has 0 aliphatic rings. The van der Waals surface area contributed by atoms with Gasteiger partial charge in [-0.05, 0) is 64.2 Å². The highest BCUT2D eigenvalue weighted by Gasteiger charge is 2.34. The van der Waals surface area contributed by atoms with E-state index in [1.54, 1.807) is 22.7 Å². The van der Waals surface area contributed by atoms with Crippen LogP contribution in [0.4, 0.5) is 5.69 Å². The van der Waals surface area contributed by atoms with Crippen molar-refractivity contribution in [1.29, 1.82) is 5.26 Å². The Balaban J connectivity index is 1.14. The topological polar surface area (TPSA) is 51.1 Å². The van der Waals surface area contributed by atoms with Crippen LogP contribution in [0.15, 0.2) is 247 Å². The van der Waals surface area contributed by atoms with Crippen LogP contribution in [-0.2, 0) is 0 Å². The molecule has 0 saturated carbocycles. The van der Waals surface area contributed by atoms with Crippen molar-refractivity contribution < 1.29 is 4.42 Å². The molecule has 12 aromatic carbocycles. The normalized spacial score (nSPS) is 11.9. The summed E-state index contributed by atoms with van der Waals surface area (Å²) in [4.78, 5) is 4.67. The van der Waals surface area contributed by atoms with Crippen molar-refractivity contribution in [1.82, 2.24) is 9.13 Å². The first-order chi connectivity index (χ1) is 40.2. The van der Waals surface area contributed by atoms with Crippen LogP contribution in [0.25, 0.3) is 167 Å². The van der Waals surface area contributed by atoms with Crippen LogP contribution in [0, 0.1) is 17.9 Å². The fourth-order valence-corrected chi connectivity index (χ4v) is 15.7. The van der Waals surface area contributed by atoms with Crippen LogP contribution >= 0.6 is 22.7 Å². The van der Waals surface area contributed by atoms with Gasteiger partial charge in [0.1, 0.15) is 17.2 Å². The molecular formula is C74H40N4OS2. The van der Waals surface area contributed by atoms with Crippen LogP contribution in [0.1, 0.15) is 5.56 Å². The van der Waals surface area contributed by atoms with Gasteiger partial charge in [0.2, 0.25) is 5.69 Å². The summed E-state index contributed by atoms with van der Waals surface area (Å²) in [6, 6.07) is 88.4. The van der Waals surface area contributed by atoms with E-state index in [0.29, 0.717) is 28.2 Å². The van der Waals surface area contributed by atoms with Crippen molar-refractivity contribution in [2.45, 2.75) is 0 Å². The molecule has 5 aromatic heterocycles. The lowest BCUT2D eigenvalue weighted by Gasteiger charge is -2.26. The standard InChI is InChI=1S/C74H40N4OS2/c1-76-67-63(44-23-7-3-8-24-44)57(42-75)68(78-69-54(40-39-52-47-28-13-17-37-61(47)80-73(52)69)66-55(43-21-5-2-6-22-43)41-56-48-29-14-18-38-62(48)81-74(56)71(66)78)64(45-25-9-4-10-26-45)70(67)77-58-34-15-11-30-53(58)65-49(31-20-35-59(65)77)51-33-19-32-50-46-27-12-16-36-60(46)79-72(50)51/h2-41H. The summed E-state index contributed by atoms with van der Waals surface area (Å²) in [5.41, 5.74) is 15.0. The summed E-state index contributed by atoms with van der Waals surface area (Å²) in [5.74, 6) is 0. The quantitative estimate of drug-likeness (QED) is 0.156. The molecule has 5 heterocycles. The number of para-hydroxylation sites is 3. The minimum Gasteiger partial charge on any atom is -0.455 e. The van der Waals surface area contributed by atoms with Gasteiger partial charge in [-0.1, -0.05) is 206 Å². The Morgan fingerprint density at radius 2 is 0.963 bits per heavy atom. The molecule has 0 fully saturated rings. The molecule has 0 aliphatic carbocycles. The summed E-state index contributed by atoms with van der Waals surface area (Å²) in [6.45, 7) is 9.60. The molecule has 0 unspecified atom stereocenters. The highest BCUT2D eigenvalue weighted by Crippen LogP contribution is 2.56. The second kappa shape index (κ2) is 17.5. The molecule has 0 N–H and O–H groups in total. The number of thiophene rings is 2. The minimum absolute atomic E-state index is 0.387. The van der Waals surface area contributed by atoms with Gasteiger partial charge in [0.05, 0.1) is 55.0 Å². The number of rotatable bonds is 6. The average Bonchev–Trinajstić information content (AvgIpc) is 3.13. The average molecular weight is 1070 g/mol. The third-order valence-corrected chi connectivity index (χ3v) is 19.0. The van der Waals surface area contributed by atoms with Gasteiger partial charge in [0.25, 0.3) is 0 Å². The van der Waals surface area contributed by atoms with Crippen LogP contribution in [0.3, 0.4) is 0 Å². The second-order valence-corrected chi connectivity index (χ2v) is 22.8. The van der Waals surface area contributed by atoms with Crippen LogP contribution in [0.5, 0.6) is 0 Å².